The van der Waals surface area contributed by atoms with Gasteiger partial charge in [0.2, 0.25) is 5.91 Å². The van der Waals surface area contributed by atoms with E-state index < -0.39 is 0 Å². The molecule has 1 N–H and O–H groups in total. The fraction of sp³-hybridized carbons (Fsp3) is 0.625. The zero-order valence-corrected chi connectivity index (χ0v) is 13.1. The third kappa shape index (κ3) is 4.25. The van der Waals surface area contributed by atoms with Gasteiger partial charge < -0.3 is 10.2 Å². The normalized spacial score (nSPS) is 17.0. The Hall–Kier alpha value is -1.46. The van der Waals surface area contributed by atoms with E-state index in [-0.39, 0.29) is 11.9 Å². The van der Waals surface area contributed by atoms with Crippen LogP contribution in [-0.4, -0.2) is 60.5 Å². The second-order valence-electron chi connectivity index (χ2n) is 5.59. The molecule has 0 spiro atoms. The zero-order valence-electron chi connectivity index (χ0n) is 13.1. The number of aromatic nitrogens is 1. The molecule has 2 heterocycles. The second kappa shape index (κ2) is 8.10. The van der Waals surface area contributed by atoms with Crippen LogP contribution in [0.25, 0.3) is 0 Å². The topological polar surface area (TPSA) is 48.5 Å². The van der Waals surface area contributed by atoms with Crippen LogP contribution in [-0.2, 0) is 4.79 Å². The molecule has 1 atom stereocenters. The van der Waals surface area contributed by atoms with E-state index in [1.807, 2.05) is 24.1 Å². The van der Waals surface area contributed by atoms with Crippen molar-refractivity contribution >= 4 is 5.91 Å². The van der Waals surface area contributed by atoms with E-state index in [4.69, 9.17) is 0 Å². The minimum absolute atomic E-state index is 0.197. The number of pyridine rings is 1. The predicted molar refractivity (Wildman–Crippen MR) is 84.0 cm³/mol. The van der Waals surface area contributed by atoms with E-state index in [0.29, 0.717) is 0 Å². The summed E-state index contributed by atoms with van der Waals surface area (Å²) in [5.74, 6) is 0.210. The molecular weight excluding hydrogens is 264 g/mol. The summed E-state index contributed by atoms with van der Waals surface area (Å²) in [6.07, 6.45) is 5.77. The number of rotatable bonds is 6. The highest BCUT2D eigenvalue weighted by atomic mass is 16.2. The lowest BCUT2D eigenvalue weighted by Gasteiger charge is -2.35. The van der Waals surface area contributed by atoms with Crippen molar-refractivity contribution in [1.29, 1.82) is 0 Å². The van der Waals surface area contributed by atoms with Crippen LogP contribution in [0.5, 0.6) is 0 Å². The molecule has 116 valence electrons. The molecule has 2 rings (SSSR count). The average molecular weight is 290 g/mol. The number of nitrogens with one attached hydrogen (secondary N) is 1. The summed E-state index contributed by atoms with van der Waals surface area (Å²) < 4.78 is 0. The second-order valence-corrected chi connectivity index (χ2v) is 5.59. The maximum Gasteiger partial charge on any atom is 0.244 e. The molecule has 0 aliphatic carbocycles. The highest BCUT2D eigenvalue weighted by molar-refractivity contribution is 5.83. The molecule has 1 unspecified atom stereocenters. The lowest BCUT2D eigenvalue weighted by Crippen LogP contribution is -2.50. The molecule has 1 aromatic rings. The van der Waals surface area contributed by atoms with Gasteiger partial charge >= 0.3 is 0 Å². The van der Waals surface area contributed by atoms with E-state index >= 15 is 0 Å². The van der Waals surface area contributed by atoms with E-state index in [0.717, 1.165) is 51.1 Å². The molecule has 0 radical (unpaired) electrons. The Kier molecular flexibility index (Phi) is 6.14. The first-order valence-electron chi connectivity index (χ1n) is 7.83. The van der Waals surface area contributed by atoms with E-state index in [1.54, 1.807) is 12.4 Å². The Morgan fingerprint density at radius 3 is 2.67 bits per heavy atom. The van der Waals surface area contributed by atoms with E-state index in [1.165, 1.54) is 0 Å². The Morgan fingerprint density at radius 1 is 1.38 bits per heavy atom. The Morgan fingerprint density at radius 2 is 2.05 bits per heavy atom. The third-order valence-electron chi connectivity index (χ3n) is 3.99. The molecular formula is C16H26N4O. The number of nitrogens with zero attached hydrogens (tertiary/aromatic N) is 3. The van der Waals surface area contributed by atoms with Gasteiger partial charge in [-0.2, -0.15) is 0 Å². The van der Waals surface area contributed by atoms with Gasteiger partial charge in [-0.15, -0.1) is 0 Å². The maximum atomic E-state index is 12.9. The highest BCUT2D eigenvalue weighted by Crippen LogP contribution is 2.22. The van der Waals surface area contributed by atoms with Gasteiger partial charge in [0.25, 0.3) is 0 Å². The Balaban J connectivity index is 2.16. The summed E-state index contributed by atoms with van der Waals surface area (Å²) in [7, 11) is 2.04. The molecule has 1 amide bonds. The average Bonchev–Trinajstić information content (AvgIpc) is 2.55. The standard InChI is InChI=1S/C16H26N4O/c1-3-4-11-19(2)15(14-5-7-17-8-6-14)16(21)20-12-9-18-10-13-20/h5-8,15,18H,3-4,9-13H2,1-2H3. The van der Waals surface area contributed by atoms with Crippen LogP contribution >= 0.6 is 0 Å². The fourth-order valence-electron chi connectivity index (χ4n) is 2.73. The number of piperazine rings is 1. The summed E-state index contributed by atoms with van der Waals surface area (Å²) in [6, 6.07) is 3.71. The van der Waals surface area contributed by atoms with Crippen LogP contribution in [0.3, 0.4) is 0 Å². The van der Waals surface area contributed by atoms with Crippen molar-refractivity contribution in [3.63, 3.8) is 0 Å². The SMILES string of the molecule is CCCCN(C)C(C(=O)N1CCNCC1)c1ccncc1. The summed E-state index contributed by atoms with van der Waals surface area (Å²) >= 11 is 0. The summed E-state index contributed by atoms with van der Waals surface area (Å²) in [6.45, 7) is 6.46. The number of hydrogen-bond donors (Lipinski definition) is 1. The number of unbranched alkanes of at least 4 members (excludes halogenated alkanes) is 1. The predicted octanol–water partition coefficient (Wildman–Crippen LogP) is 1.29. The molecule has 1 aliphatic rings. The van der Waals surface area contributed by atoms with Crippen LogP contribution in [0.1, 0.15) is 31.4 Å². The quantitative estimate of drug-likeness (QED) is 0.857. The van der Waals surface area contributed by atoms with Crippen LogP contribution in [0.4, 0.5) is 0 Å². The van der Waals surface area contributed by atoms with Crippen LogP contribution < -0.4 is 5.32 Å². The molecule has 21 heavy (non-hydrogen) atoms. The first kappa shape index (κ1) is 15.9. The van der Waals surface area contributed by atoms with Gasteiger partial charge in [0.15, 0.2) is 0 Å². The number of likely N-dealkylation sites (N-methyl/N-ethyl adjacent to an activating group) is 1. The van der Waals surface area contributed by atoms with Gasteiger partial charge in [0, 0.05) is 38.6 Å². The van der Waals surface area contributed by atoms with E-state index in [2.05, 4.69) is 22.1 Å². The fourth-order valence-corrected chi connectivity index (χ4v) is 2.73. The lowest BCUT2D eigenvalue weighted by atomic mass is 10.0. The number of hydrogen-bond acceptors (Lipinski definition) is 4. The van der Waals surface area contributed by atoms with Crippen molar-refractivity contribution < 1.29 is 4.79 Å². The van der Waals surface area contributed by atoms with Gasteiger partial charge in [0.1, 0.15) is 6.04 Å². The lowest BCUT2D eigenvalue weighted by molar-refractivity contribution is -0.137. The van der Waals surface area contributed by atoms with Crippen molar-refractivity contribution in [2.24, 2.45) is 0 Å². The van der Waals surface area contributed by atoms with Crippen LogP contribution in [0.15, 0.2) is 24.5 Å². The van der Waals surface area contributed by atoms with Gasteiger partial charge in [-0.3, -0.25) is 14.7 Å². The molecule has 0 saturated carbocycles. The molecule has 5 heteroatoms. The zero-order chi connectivity index (χ0) is 15.1. The molecule has 0 aromatic carbocycles. The number of carbonyl (C=O) groups excluding carboxylic acids is 1. The summed E-state index contributed by atoms with van der Waals surface area (Å²) in [4.78, 5) is 21.2. The van der Waals surface area contributed by atoms with Crippen molar-refractivity contribution in [3.8, 4) is 0 Å². The van der Waals surface area contributed by atoms with Crippen molar-refractivity contribution in [2.75, 3.05) is 39.8 Å². The molecule has 1 saturated heterocycles. The first-order valence-corrected chi connectivity index (χ1v) is 7.83. The minimum atomic E-state index is -0.197. The van der Waals surface area contributed by atoms with Crippen LogP contribution in [0.2, 0.25) is 0 Å². The summed E-state index contributed by atoms with van der Waals surface area (Å²) in [5, 5.41) is 3.29. The van der Waals surface area contributed by atoms with Gasteiger partial charge in [-0.1, -0.05) is 13.3 Å². The van der Waals surface area contributed by atoms with Gasteiger partial charge in [-0.05, 0) is 37.7 Å². The Labute approximate surface area is 127 Å². The Bertz CT molecular complexity index is 431. The third-order valence-corrected chi connectivity index (χ3v) is 3.99. The van der Waals surface area contributed by atoms with Crippen LogP contribution in [0, 0.1) is 0 Å². The van der Waals surface area contributed by atoms with Crippen molar-refractivity contribution in [1.82, 2.24) is 20.1 Å². The maximum absolute atomic E-state index is 12.9. The highest BCUT2D eigenvalue weighted by Gasteiger charge is 2.29. The number of amides is 1. The van der Waals surface area contributed by atoms with Crippen molar-refractivity contribution in [3.05, 3.63) is 30.1 Å². The minimum Gasteiger partial charge on any atom is -0.338 e. The summed E-state index contributed by atoms with van der Waals surface area (Å²) in [5.41, 5.74) is 1.03. The molecule has 1 aromatic heterocycles. The van der Waals surface area contributed by atoms with Crippen molar-refractivity contribution in [2.45, 2.75) is 25.8 Å². The molecule has 1 aliphatic heterocycles. The van der Waals surface area contributed by atoms with E-state index in [9.17, 15) is 4.79 Å². The largest absolute Gasteiger partial charge is 0.338 e. The van der Waals surface area contributed by atoms with Gasteiger partial charge in [0.05, 0.1) is 0 Å². The molecule has 0 bridgehead atoms. The molecule has 1 fully saturated rings. The van der Waals surface area contributed by atoms with Gasteiger partial charge in [-0.25, -0.2) is 0 Å². The molecule has 5 nitrogen and oxygen atoms in total. The number of carbonyl (C=O) groups is 1. The monoisotopic (exact) mass is 290 g/mol. The smallest absolute Gasteiger partial charge is 0.244 e. The first-order chi connectivity index (χ1) is 10.2.